The van der Waals surface area contributed by atoms with Crippen LogP contribution in [0.3, 0.4) is 0 Å². The highest BCUT2D eigenvalue weighted by atomic mass is 32.2. The second-order valence-electron chi connectivity index (χ2n) is 6.12. The zero-order valence-corrected chi connectivity index (χ0v) is 18.7. The second-order valence-corrected chi connectivity index (χ2v) is 9.15. The van der Waals surface area contributed by atoms with Gasteiger partial charge in [-0.25, -0.2) is 0 Å². The normalized spacial score (nSPS) is 10.8. The Kier molecular flexibility index (Phi) is 14.7. The summed E-state index contributed by atoms with van der Waals surface area (Å²) in [5.41, 5.74) is 1.36. The third kappa shape index (κ3) is 11.0. The van der Waals surface area contributed by atoms with Gasteiger partial charge in [0.15, 0.2) is 0 Å². The molecule has 0 fully saturated rings. The van der Waals surface area contributed by atoms with E-state index in [1.54, 1.807) is 24.3 Å². The minimum absolute atomic E-state index is 0.0926. The van der Waals surface area contributed by atoms with E-state index < -0.39 is 0 Å². The van der Waals surface area contributed by atoms with Crippen LogP contribution >= 0.6 is 48.8 Å². The summed E-state index contributed by atoms with van der Waals surface area (Å²) in [6.45, 7) is 0. The molecular formula is C20H30O2S4. The molecule has 0 spiro atoms. The predicted octanol–water partition coefficient (Wildman–Crippen LogP) is 6.41. The third-order valence-electron chi connectivity index (χ3n) is 3.93. The summed E-state index contributed by atoms with van der Waals surface area (Å²) in [4.78, 5) is 24.3. The molecular weight excluding hydrogens is 400 g/mol. The molecule has 0 aliphatic carbocycles. The van der Waals surface area contributed by atoms with E-state index in [0.717, 1.165) is 61.5 Å². The number of carbonyl (C=O) groups excluding carboxylic acids is 2. The van der Waals surface area contributed by atoms with Crippen molar-refractivity contribution in [3.05, 3.63) is 35.4 Å². The average Bonchev–Trinajstić information content (AvgIpc) is 2.67. The fraction of sp³-hybridized carbons (Fsp3) is 0.600. The van der Waals surface area contributed by atoms with E-state index in [2.05, 4.69) is 25.3 Å². The van der Waals surface area contributed by atoms with Crippen molar-refractivity contribution in [2.24, 2.45) is 0 Å². The zero-order valence-electron chi connectivity index (χ0n) is 15.3. The largest absolute Gasteiger partial charge is 0.282 e. The summed E-state index contributed by atoms with van der Waals surface area (Å²) in [6, 6.07) is 7.10. The first kappa shape index (κ1) is 24.0. The van der Waals surface area contributed by atoms with Gasteiger partial charge in [-0.2, -0.15) is 25.3 Å². The monoisotopic (exact) mass is 430 g/mol. The molecule has 0 aliphatic rings. The van der Waals surface area contributed by atoms with Crippen LogP contribution in [-0.4, -0.2) is 33.2 Å². The number of thiol groups is 2. The van der Waals surface area contributed by atoms with Crippen molar-refractivity contribution < 1.29 is 9.59 Å². The Bertz CT molecular complexity index is 470. The quantitative estimate of drug-likeness (QED) is 0.264. The molecule has 0 heterocycles. The number of rotatable bonds is 14. The molecule has 0 bridgehead atoms. The first-order valence-corrected chi connectivity index (χ1v) is 12.6. The minimum Gasteiger partial charge on any atom is -0.282 e. The van der Waals surface area contributed by atoms with Crippen LogP contribution in [0.5, 0.6) is 0 Å². The maximum atomic E-state index is 12.2. The third-order valence-corrected chi connectivity index (χ3v) is 6.54. The molecule has 26 heavy (non-hydrogen) atoms. The van der Waals surface area contributed by atoms with Crippen LogP contribution in [-0.2, 0) is 0 Å². The highest BCUT2D eigenvalue weighted by Crippen LogP contribution is 2.19. The summed E-state index contributed by atoms with van der Waals surface area (Å²) in [7, 11) is 0. The van der Waals surface area contributed by atoms with Gasteiger partial charge in [0.25, 0.3) is 0 Å². The summed E-state index contributed by atoms with van der Waals surface area (Å²) in [6.07, 6.45) is 9.08. The Hall–Kier alpha value is -0.0400. The topological polar surface area (TPSA) is 34.1 Å². The molecule has 0 aliphatic heterocycles. The molecule has 0 unspecified atom stereocenters. The van der Waals surface area contributed by atoms with Crippen LogP contribution in [0.15, 0.2) is 24.3 Å². The fourth-order valence-corrected chi connectivity index (χ4v) is 4.49. The Labute approximate surface area is 177 Å². The lowest BCUT2D eigenvalue weighted by atomic mass is 10.2. The predicted molar refractivity (Wildman–Crippen MR) is 125 cm³/mol. The van der Waals surface area contributed by atoms with Crippen LogP contribution in [0.4, 0.5) is 0 Å². The zero-order chi connectivity index (χ0) is 19.0. The van der Waals surface area contributed by atoms with E-state index in [1.807, 2.05) is 0 Å². The number of hydrogen-bond acceptors (Lipinski definition) is 6. The van der Waals surface area contributed by atoms with Gasteiger partial charge < -0.3 is 0 Å². The van der Waals surface area contributed by atoms with E-state index in [9.17, 15) is 9.59 Å². The summed E-state index contributed by atoms with van der Waals surface area (Å²) < 4.78 is 0. The summed E-state index contributed by atoms with van der Waals surface area (Å²) in [5.74, 6) is 3.58. The van der Waals surface area contributed by atoms with Crippen molar-refractivity contribution in [2.75, 3.05) is 23.0 Å². The lowest BCUT2D eigenvalue weighted by molar-refractivity contribution is 0.107. The van der Waals surface area contributed by atoms with Crippen LogP contribution in [0.1, 0.15) is 72.1 Å². The van der Waals surface area contributed by atoms with Crippen molar-refractivity contribution in [3.8, 4) is 0 Å². The molecule has 0 aromatic heterocycles. The van der Waals surface area contributed by atoms with Crippen LogP contribution in [0.2, 0.25) is 0 Å². The van der Waals surface area contributed by atoms with Crippen molar-refractivity contribution in [1.29, 1.82) is 0 Å². The first-order chi connectivity index (χ1) is 12.7. The fourth-order valence-electron chi connectivity index (χ4n) is 2.37. The Morgan fingerprint density at radius 2 is 0.962 bits per heavy atom. The molecule has 146 valence electrons. The number of carbonyl (C=O) groups is 2. The maximum Gasteiger partial charge on any atom is 0.219 e. The van der Waals surface area contributed by atoms with Gasteiger partial charge >= 0.3 is 0 Å². The van der Waals surface area contributed by atoms with Crippen molar-refractivity contribution in [3.63, 3.8) is 0 Å². The molecule has 1 rings (SSSR count). The highest BCUT2D eigenvalue weighted by Gasteiger charge is 2.10. The molecule has 0 amide bonds. The van der Waals surface area contributed by atoms with Crippen LogP contribution in [0, 0.1) is 0 Å². The molecule has 1 aromatic rings. The van der Waals surface area contributed by atoms with Crippen molar-refractivity contribution in [2.45, 2.75) is 51.4 Å². The van der Waals surface area contributed by atoms with Gasteiger partial charge in [0, 0.05) is 22.6 Å². The van der Waals surface area contributed by atoms with Crippen molar-refractivity contribution in [1.82, 2.24) is 0 Å². The molecule has 0 saturated heterocycles. The van der Waals surface area contributed by atoms with E-state index >= 15 is 0 Å². The lowest BCUT2D eigenvalue weighted by Crippen LogP contribution is -1.99. The van der Waals surface area contributed by atoms with Gasteiger partial charge in [0.05, 0.1) is 0 Å². The van der Waals surface area contributed by atoms with Gasteiger partial charge in [0.2, 0.25) is 10.2 Å². The SMILES string of the molecule is O=C(SCCCCCCS)c1ccc(C(=O)SCCCCCCS)cc1. The van der Waals surface area contributed by atoms with Gasteiger partial charge in [-0.05, 0) is 61.5 Å². The Morgan fingerprint density at radius 3 is 1.31 bits per heavy atom. The number of thioether (sulfide) groups is 2. The minimum atomic E-state index is 0.0926. The van der Waals surface area contributed by atoms with E-state index in [1.165, 1.54) is 36.4 Å². The smallest absolute Gasteiger partial charge is 0.219 e. The Morgan fingerprint density at radius 1 is 0.615 bits per heavy atom. The van der Waals surface area contributed by atoms with Crippen LogP contribution < -0.4 is 0 Å². The van der Waals surface area contributed by atoms with E-state index in [-0.39, 0.29) is 10.2 Å². The van der Waals surface area contributed by atoms with Crippen molar-refractivity contribution >= 4 is 59.0 Å². The average molecular weight is 431 g/mol. The standard InChI is InChI=1S/C20H30O2S4/c21-19(25-15-7-3-1-5-13-23)17-9-11-18(12-10-17)20(22)26-16-8-4-2-6-14-24/h9-12,23-24H,1-8,13-16H2. The van der Waals surface area contributed by atoms with Gasteiger partial charge in [0.1, 0.15) is 0 Å². The van der Waals surface area contributed by atoms with Gasteiger partial charge in [-0.15, -0.1) is 0 Å². The number of unbranched alkanes of at least 4 members (excludes halogenated alkanes) is 6. The number of benzene rings is 1. The maximum absolute atomic E-state index is 12.2. The highest BCUT2D eigenvalue weighted by molar-refractivity contribution is 8.14. The molecule has 1 aromatic carbocycles. The summed E-state index contributed by atoms with van der Waals surface area (Å²) >= 11 is 11.1. The molecule has 6 heteroatoms. The molecule has 0 saturated carbocycles. The lowest BCUT2D eigenvalue weighted by Gasteiger charge is -2.04. The molecule has 0 radical (unpaired) electrons. The van der Waals surface area contributed by atoms with Gasteiger partial charge in [-0.3, -0.25) is 9.59 Å². The second kappa shape index (κ2) is 16.0. The molecule has 2 nitrogen and oxygen atoms in total. The van der Waals surface area contributed by atoms with E-state index in [4.69, 9.17) is 0 Å². The Balaban J connectivity index is 2.26. The van der Waals surface area contributed by atoms with Gasteiger partial charge in [-0.1, -0.05) is 49.2 Å². The first-order valence-electron chi connectivity index (χ1n) is 9.35. The van der Waals surface area contributed by atoms with E-state index in [0.29, 0.717) is 11.1 Å². The molecule has 0 atom stereocenters. The molecule has 0 N–H and O–H groups in total. The van der Waals surface area contributed by atoms with Crippen LogP contribution in [0.25, 0.3) is 0 Å². The number of hydrogen-bond donors (Lipinski definition) is 2. The summed E-state index contributed by atoms with van der Waals surface area (Å²) in [5, 5.41) is 0.185.